The number of thiophene rings is 1. The second-order valence-electron chi connectivity index (χ2n) is 6.81. The van der Waals surface area contributed by atoms with Gasteiger partial charge in [0.15, 0.2) is 0 Å². The Kier molecular flexibility index (Phi) is 4.88. The average molecular weight is 401 g/mol. The van der Waals surface area contributed by atoms with Gasteiger partial charge >= 0.3 is 0 Å². The van der Waals surface area contributed by atoms with Crippen LogP contribution < -0.4 is 9.80 Å². The summed E-state index contributed by atoms with van der Waals surface area (Å²) in [7, 11) is 0. The predicted molar refractivity (Wildman–Crippen MR) is 117 cm³/mol. The number of hydrogen-bond donors (Lipinski definition) is 0. The molecular weight excluding hydrogens is 380 g/mol. The van der Waals surface area contributed by atoms with Gasteiger partial charge in [-0.2, -0.15) is 0 Å². The van der Waals surface area contributed by atoms with Crippen molar-refractivity contribution in [3.8, 4) is 21.7 Å². The van der Waals surface area contributed by atoms with E-state index in [0.29, 0.717) is 0 Å². The number of hydrogen-bond acceptors (Lipinski definition) is 7. The maximum absolute atomic E-state index is 4.97. The van der Waals surface area contributed by atoms with Crippen molar-refractivity contribution in [2.24, 2.45) is 0 Å². The Balaban J connectivity index is 1.43. The number of aromatic nitrogens is 4. The number of rotatable bonds is 4. The van der Waals surface area contributed by atoms with Crippen molar-refractivity contribution < 1.29 is 0 Å². The quantitative estimate of drug-likeness (QED) is 0.516. The minimum atomic E-state index is 0.768. The van der Waals surface area contributed by atoms with Crippen LogP contribution in [0.2, 0.25) is 0 Å². The molecule has 0 atom stereocenters. The summed E-state index contributed by atoms with van der Waals surface area (Å²) in [4.78, 5) is 24.1. The van der Waals surface area contributed by atoms with Crippen molar-refractivity contribution in [3.05, 3.63) is 72.6 Å². The van der Waals surface area contributed by atoms with Crippen LogP contribution in [0.4, 0.5) is 11.8 Å². The van der Waals surface area contributed by atoms with Crippen LogP contribution in [-0.4, -0.2) is 46.1 Å². The number of anilines is 2. The molecule has 144 valence electrons. The van der Waals surface area contributed by atoms with Crippen molar-refractivity contribution in [1.29, 1.82) is 0 Å². The van der Waals surface area contributed by atoms with Gasteiger partial charge in [0, 0.05) is 67.0 Å². The van der Waals surface area contributed by atoms with E-state index in [-0.39, 0.29) is 0 Å². The summed E-state index contributed by atoms with van der Waals surface area (Å²) in [5.41, 5.74) is 2.98. The summed E-state index contributed by atoms with van der Waals surface area (Å²) >= 11 is 1.70. The highest BCUT2D eigenvalue weighted by Gasteiger charge is 2.21. The normalized spacial score (nSPS) is 14.2. The number of piperazine rings is 1. The van der Waals surface area contributed by atoms with E-state index >= 15 is 0 Å². The van der Waals surface area contributed by atoms with E-state index in [1.54, 1.807) is 17.5 Å². The van der Waals surface area contributed by atoms with Crippen LogP contribution in [0.15, 0.2) is 72.6 Å². The fourth-order valence-electron chi connectivity index (χ4n) is 3.54. The molecule has 1 saturated heterocycles. The van der Waals surface area contributed by atoms with E-state index in [2.05, 4.69) is 49.4 Å². The van der Waals surface area contributed by atoms with E-state index in [9.17, 15) is 0 Å². The SMILES string of the molecule is c1ccc(N2CCN(c3ncc(-c4cccs4)c(-c4cccnc4)n3)CC2)nc1. The lowest BCUT2D eigenvalue weighted by molar-refractivity contribution is 0.635. The monoisotopic (exact) mass is 400 g/mol. The molecule has 0 bridgehead atoms. The predicted octanol–water partition coefficient (Wildman–Crippen LogP) is 3.99. The van der Waals surface area contributed by atoms with E-state index in [0.717, 1.165) is 59.6 Å². The Hall–Kier alpha value is -3.32. The Morgan fingerprint density at radius 3 is 2.41 bits per heavy atom. The first-order valence-electron chi connectivity index (χ1n) is 9.61. The minimum Gasteiger partial charge on any atom is -0.353 e. The molecule has 1 aliphatic heterocycles. The molecule has 5 heterocycles. The fraction of sp³-hybridized carbons (Fsp3) is 0.182. The fourth-order valence-corrected chi connectivity index (χ4v) is 4.27. The Morgan fingerprint density at radius 2 is 1.69 bits per heavy atom. The summed E-state index contributed by atoms with van der Waals surface area (Å²) in [6, 6.07) is 14.2. The molecule has 0 N–H and O–H groups in total. The molecule has 6 nitrogen and oxygen atoms in total. The highest BCUT2D eigenvalue weighted by Crippen LogP contribution is 2.33. The average Bonchev–Trinajstić information content (AvgIpc) is 3.35. The molecule has 4 aromatic heterocycles. The van der Waals surface area contributed by atoms with Crippen molar-refractivity contribution in [3.63, 3.8) is 0 Å². The van der Waals surface area contributed by atoms with Gasteiger partial charge in [-0.15, -0.1) is 11.3 Å². The summed E-state index contributed by atoms with van der Waals surface area (Å²) in [6.45, 7) is 3.52. The maximum atomic E-state index is 4.97. The van der Waals surface area contributed by atoms with Gasteiger partial charge in [-0.3, -0.25) is 4.98 Å². The van der Waals surface area contributed by atoms with Gasteiger partial charge in [0.25, 0.3) is 0 Å². The zero-order valence-corrected chi connectivity index (χ0v) is 16.7. The third kappa shape index (κ3) is 3.69. The van der Waals surface area contributed by atoms with E-state index in [4.69, 9.17) is 9.97 Å². The standard InChI is InChI=1S/C22H20N6S/c1-2-9-24-20(7-1)27-10-12-28(13-11-27)22-25-16-18(19-6-4-14-29-19)21(26-22)17-5-3-8-23-15-17/h1-9,14-16H,10-13H2. The molecule has 1 aliphatic rings. The summed E-state index contributed by atoms with van der Waals surface area (Å²) in [5, 5.41) is 2.08. The van der Waals surface area contributed by atoms with Gasteiger partial charge in [-0.05, 0) is 35.7 Å². The first-order valence-corrected chi connectivity index (χ1v) is 10.5. The summed E-state index contributed by atoms with van der Waals surface area (Å²) in [5.74, 6) is 1.79. The van der Waals surface area contributed by atoms with Gasteiger partial charge in [-0.1, -0.05) is 12.1 Å². The largest absolute Gasteiger partial charge is 0.353 e. The molecule has 29 heavy (non-hydrogen) atoms. The molecule has 0 spiro atoms. The van der Waals surface area contributed by atoms with Crippen molar-refractivity contribution >= 4 is 23.1 Å². The molecule has 0 unspecified atom stereocenters. The maximum Gasteiger partial charge on any atom is 0.226 e. The Morgan fingerprint density at radius 1 is 0.793 bits per heavy atom. The minimum absolute atomic E-state index is 0.768. The number of pyridine rings is 2. The topological polar surface area (TPSA) is 58.0 Å². The third-order valence-electron chi connectivity index (χ3n) is 5.03. The summed E-state index contributed by atoms with van der Waals surface area (Å²) in [6.07, 6.45) is 7.44. The summed E-state index contributed by atoms with van der Waals surface area (Å²) < 4.78 is 0. The second kappa shape index (κ2) is 7.97. The molecule has 0 saturated carbocycles. The Labute approximate surface area is 173 Å². The molecule has 0 aliphatic carbocycles. The van der Waals surface area contributed by atoms with Gasteiger partial charge < -0.3 is 9.80 Å². The molecule has 1 fully saturated rings. The molecule has 7 heteroatoms. The van der Waals surface area contributed by atoms with Gasteiger partial charge in [0.1, 0.15) is 5.82 Å². The van der Waals surface area contributed by atoms with Gasteiger partial charge in [0.2, 0.25) is 5.95 Å². The van der Waals surface area contributed by atoms with Gasteiger partial charge in [-0.25, -0.2) is 15.0 Å². The lowest BCUT2D eigenvalue weighted by Crippen LogP contribution is -2.47. The molecule has 0 amide bonds. The lowest BCUT2D eigenvalue weighted by atomic mass is 10.1. The smallest absolute Gasteiger partial charge is 0.226 e. The highest BCUT2D eigenvalue weighted by atomic mass is 32.1. The van der Waals surface area contributed by atoms with Crippen LogP contribution in [0.5, 0.6) is 0 Å². The molecule has 5 rings (SSSR count). The van der Waals surface area contributed by atoms with E-state index < -0.39 is 0 Å². The Bertz CT molecular complexity index is 1060. The van der Waals surface area contributed by atoms with Gasteiger partial charge in [0.05, 0.1) is 5.69 Å². The van der Waals surface area contributed by atoms with Crippen LogP contribution in [0.25, 0.3) is 21.7 Å². The van der Waals surface area contributed by atoms with Crippen molar-refractivity contribution in [2.75, 3.05) is 36.0 Å². The zero-order valence-electron chi connectivity index (χ0n) is 15.8. The van der Waals surface area contributed by atoms with Crippen molar-refractivity contribution in [1.82, 2.24) is 19.9 Å². The van der Waals surface area contributed by atoms with Crippen LogP contribution >= 0.6 is 11.3 Å². The van der Waals surface area contributed by atoms with E-state index in [1.165, 1.54) is 0 Å². The van der Waals surface area contributed by atoms with Crippen LogP contribution in [0.3, 0.4) is 0 Å². The number of nitrogens with zero attached hydrogens (tertiary/aromatic N) is 6. The van der Waals surface area contributed by atoms with Crippen LogP contribution in [0, 0.1) is 0 Å². The van der Waals surface area contributed by atoms with Crippen LogP contribution in [-0.2, 0) is 0 Å². The third-order valence-corrected chi connectivity index (χ3v) is 5.94. The second-order valence-corrected chi connectivity index (χ2v) is 7.76. The van der Waals surface area contributed by atoms with Crippen LogP contribution in [0.1, 0.15) is 0 Å². The zero-order chi connectivity index (χ0) is 19.5. The molecule has 0 radical (unpaired) electrons. The lowest BCUT2D eigenvalue weighted by Gasteiger charge is -2.35. The van der Waals surface area contributed by atoms with Crippen molar-refractivity contribution in [2.45, 2.75) is 0 Å². The molecular formula is C22H20N6S. The first kappa shape index (κ1) is 17.8. The molecule has 4 aromatic rings. The molecule has 0 aromatic carbocycles. The van der Waals surface area contributed by atoms with E-state index in [1.807, 2.05) is 36.8 Å². The highest BCUT2D eigenvalue weighted by molar-refractivity contribution is 7.13. The first-order chi connectivity index (χ1) is 14.4.